The van der Waals surface area contributed by atoms with Crippen molar-refractivity contribution >= 4 is 22.9 Å². The van der Waals surface area contributed by atoms with Gasteiger partial charge in [-0.3, -0.25) is 0 Å². The third-order valence-electron chi connectivity index (χ3n) is 5.80. The van der Waals surface area contributed by atoms with Crippen molar-refractivity contribution < 1.29 is 9.53 Å². The summed E-state index contributed by atoms with van der Waals surface area (Å²) in [6.07, 6.45) is 11.7. The molecule has 1 aromatic heterocycles. The fourth-order valence-electron chi connectivity index (χ4n) is 4.21. The molecule has 0 saturated heterocycles. The van der Waals surface area contributed by atoms with Gasteiger partial charge in [-0.15, -0.1) is 0 Å². The van der Waals surface area contributed by atoms with E-state index in [0.29, 0.717) is 17.8 Å². The first-order valence-electron chi connectivity index (χ1n) is 10.7. The average molecular weight is 380 g/mol. The molecular formula is C23H29N3O2. The number of nitrogens with one attached hydrogen (secondary N) is 1. The molecule has 2 saturated carbocycles. The summed E-state index contributed by atoms with van der Waals surface area (Å²) >= 11 is 0. The van der Waals surface area contributed by atoms with Gasteiger partial charge in [-0.05, 0) is 37.8 Å². The van der Waals surface area contributed by atoms with Crippen LogP contribution in [0.2, 0.25) is 0 Å². The third kappa shape index (κ3) is 4.89. The van der Waals surface area contributed by atoms with Gasteiger partial charge >= 0.3 is 5.97 Å². The lowest BCUT2D eigenvalue weighted by Crippen LogP contribution is -2.39. The molecule has 0 aliphatic heterocycles. The number of fused-ring (bicyclic) bond motifs is 1. The van der Waals surface area contributed by atoms with Gasteiger partial charge in [0.1, 0.15) is 5.69 Å². The fraction of sp³-hybridized carbons (Fsp3) is 0.522. The van der Waals surface area contributed by atoms with Crippen LogP contribution in [0.15, 0.2) is 41.4 Å². The number of aliphatic imine (C=N–C) groups is 1. The van der Waals surface area contributed by atoms with Crippen LogP contribution in [-0.2, 0) is 4.74 Å². The summed E-state index contributed by atoms with van der Waals surface area (Å²) in [4.78, 5) is 22.0. The van der Waals surface area contributed by atoms with E-state index in [1.807, 2.05) is 30.3 Å². The van der Waals surface area contributed by atoms with Crippen LogP contribution in [-0.4, -0.2) is 29.1 Å². The third-order valence-corrected chi connectivity index (χ3v) is 5.80. The molecule has 0 radical (unpaired) electrons. The Morgan fingerprint density at radius 2 is 1.64 bits per heavy atom. The standard InChI is InChI=1S/C23H29N3O2/c27-22(21-16-15-17-9-7-8-14-20(17)26-21)28-23(24-18-10-3-1-4-11-18)25-19-12-5-2-6-13-19/h7-9,14-16,18-19H,1-6,10-13H2,(H,24,25). The van der Waals surface area contributed by atoms with Gasteiger partial charge < -0.3 is 10.1 Å². The molecule has 2 aliphatic carbocycles. The lowest BCUT2D eigenvalue weighted by atomic mass is 9.95. The first-order chi connectivity index (χ1) is 13.8. The highest BCUT2D eigenvalue weighted by molar-refractivity contribution is 5.98. The first-order valence-corrected chi connectivity index (χ1v) is 10.7. The minimum atomic E-state index is -0.441. The molecule has 4 rings (SSSR count). The number of hydrogen-bond acceptors (Lipinski definition) is 4. The van der Waals surface area contributed by atoms with E-state index < -0.39 is 5.97 Å². The minimum Gasteiger partial charge on any atom is -0.388 e. The second kappa shape index (κ2) is 9.18. The van der Waals surface area contributed by atoms with Crippen LogP contribution in [0.5, 0.6) is 0 Å². The Kier molecular flexibility index (Phi) is 6.20. The number of carbonyl (C=O) groups excluding carboxylic acids is 1. The van der Waals surface area contributed by atoms with Crippen LogP contribution in [0.25, 0.3) is 10.9 Å². The predicted molar refractivity (Wildman–Crippen MR) is 111 cm³/mol. The maximum Gasteiger partial charge on any atom is 0.364 e. The van der Waals surface area contributed by atoms with Crippen molar-refractivity contribution in [3.63, 3.8) is 0 Å². The number of esters is 1. The number of carbonyl (C=O) groups is 1. The second-order valence-electron chi connectivity index (χ2n) is 7.98. The van der Waals surface area contributed by atoms with Crippen molar-refractivity contribution in [2.24, 2.45) is 4.99 Å². The van der Waals surface area contributed by atoms with Crippen LogP contribution in [0.3, 0.4) is 0 Å². The summed E-state index contributed by atoms with van der Waals surface area (Å²) in [6, 6.07) is 12.4. The largest absolute Gasteiger partial charge is 0.388 e. The Labute approximate surface area is 166 Å². The molecule has 5 heteroatoms. The Hall–Kier alpha value is -2.43. The van der Waals surface area contributed by atoms with Gasteiger partial charge in [-0.1, -0.05) is 62.8 Å². The molecule has 2 fully saturated rings. The van der Waals surface area contributed by atoms with Crippen LogP contribution in [0, 0.1) is 0 Å². The normalized spacial score (nSPS) is 19.5. The summed E-state index contributed by atoms with van der Waals surface area (Å²) in [7, 11) is 0. The molecule has 2 aliphatic rings. The highest BCUT2D eigenvalue weighted by atomic mass is 16.6. The molecule has 1 heterocycles. The molecule has 28 heavy (non-hydrogen) atoms. The number of hydrogen-bond donors (Lipinski definition) is 1. The fourth-order valence-corrected chi connectivity index (χ4v) is 4.21. The summed E-state index contributed by atoms with van der Waals surface area (Å²) in [5.41, 5.74) is 1.11. The van der Waals surface area contributed by atoms with Gasteiger partial charge in [-0.25, -0.2) is 14.8 Å². The van der Waals surface area contributed by atoms with E-state index in [2.05, 4.69) is 10.3 Å². The smallest absolute Gasteiger partial charge is 0.364 e. The van der Waals surface area contributed by atoms with Crippen molar-refractivity contribution in [2.45, 2.75) is 76.3 Å². The molecule has 5 nitrogen and oxygen atoms in total. The SMILES string of the molecule is O=C(OC(=NC1CCCCC1)NC1CCCCC1)c1ccc2ccccc2n1. The highest BCUT2D eigenvalue weighted by Crippen LogP contribution is 2.22. The summed E-state index contributed by atoms with van der Waals surface area (Å²) in [6.45, 7) is 0. The number of ether oxygens (including phenoxy) is 1. The Morgan fingerprint density at radius 1 is 0.929 bits per heavy atom. The average Bonchev–Trinajstić information content (AvgIpc) is 2.75. The molecule has 0 bridgehead atoms. The van der Waals surface area contributed by atoms with Gasteiger partial charge in [-0.2, -0.15) is 0 Å². The van der Waals surface area contributed by atoms with Gasteiger partial charge in [0.15, 0.2) is 0 Å². The second-order valence-corrected chi connectivity index (χ2v) is 7.98. The lowest BCUT2D eigenvalue weighted by molar-refractivity contribution is 0.0697. The van der Waals surface area contributed by atoms with E-state index in [0.717, 1.165) is 36.6 Å². The van der Waals surface area contributed by atoms with E-state index in [4.69, 9.17) is 9.73 Å². The summed E-state index contributed by atoms with van der Waals surface area (Å²) in [5, 5.41) is 4.43. The van der Waals surface area contributed by atoms with Crippen LogP contribution in [0.4, 0.5) is 0 Å². The first kappa shape index (κ1) is 18.9. The highest BCUT2D eigenvalue weighted by Gasteiger charge is 2.21. The molecular weight excluding hydrogens is 350 g/mol. The molecule has 148 valence electrons. The van der Waals surface area contributed by atoms with Gasteiger partial charge in [0.05, 0.1) is 11.6 Å². The maximum atomic E-state index is 12.8. The van der Waals surface area contributed by atoms with Gasteiger partial charge in [0, 0.05) is 11.4 Å². The van der Waals surface area contributed by atoms with Gasteiger partial charge in [0.25, 0.3) is 6.02 Å². The maximum absolute atomic E-state index is 12.8. The van der Waals surface area contributed by atoms with E-state index in [9.17, 15) is 4.79 Å². The van der Waals surface area contributed by atoms with E-state index in [1.54, 1.807) is 6.07 Å². The quantitative estimate of drug-likeness (QED) is 0.463. The van der Waals surface area contributed by atoms with E-state index >= 15 is 0 Å². The van der Waals surface area contributed by atoms with Crippen LogP contribution < -0.4 is 5.32 Å². The van der Waals surface area contributed by atoms with Crippen molar-refractivity contribution in [2.75, 3.05) is 0 Å². The molecule has 0 amide bonds. The Balaban J connectivity index is 1.50. The lowest BCUT2D eigenvalue weighted by Gasteiger charge is -2.25. The molecule has 1 aromatic carbocycles. The monoisotopic (exact) mass is 379 g/mol. The Morgan fingerprint density at radius 3 is 2.43 bits per heavy atom. The number of benzene rings is 1. The zero-order valence-electron chi connectivity index (χ0n) is 16.4. The van der Waals surface area contributed by atoms with Crippen molar-refractivity contribution in [1.82, 2.24) is 10.3 Å². The zero-order chi connectivity index (χ0) is 19.2. The number of pyridine rings is 1. The number of rotatable bonds is 3. The van der Waals surface area contributed by atoms with Crippen molar-refractivity contribution in [3.05, 3.63) is 42.1 Å². The zero-order valence-corrected chi connectivity index (χ0v) is 16.4. The Bertz CT molecular complexity index is 837. The number of nitrogens with zero attached hydrogens (tertiary/aromatic N) is 2. The van der Waals surface area contributed by atoms with Gasteiger partial charge in [0.2, 0.25) is 0 Å². The van der Waals surface area contributed by atoms with Crippen molar-refractivity contribution in [1.29, 1.82) is 0 Å². The molecule has 0 spiro atoms. The number of aromatic nitrogens is 1. The van der Waals surface area contributed by atoms with Crippen LogP contribution in [0.1, 0.15) is 74.7 Å². The summed E-state index contributed by atoms with van der Waals surface area (Å²) in [5.74, 6) is -0.441. The molecule has 1 N–H and O–H groups in total. The number of para-hydroxylation sites is 1. The van der Waals surface area contributed by atoms with Crippen molar-refractivity contribution in [3.8, 4) is 0 Å². The predicted octanol–water partition coefficient (Wildman–Crippen LogP) is 5.00. The molecule has 0 unspecified atom stereocenters. The topological polar surface area (TPSA) is 63.6 Å². The van der Waals surface area contributed by atoms with E-state index in [-0.39, 0.29) is 6.04 Å². The summed E-state index contributed by atoms with van der Waals surface area (Å²) < 4.78 is 5.73. The van der Waals surface area contributed by atoms with Crippen LogP contribution >= 0.6 is 0 Å². The number of amidine groups is 1. The van der Waals surface area contributed by atoms with E-state index in [1.165, 1.54) is 38.5 Å². The molecule has 0 atom stereocenters. The minimum absolute atomic E-state index is 0.247. The molecule has 2 aromatic rings.